The second kappa shape index (κ2) is 7.80. The molecular weight excluding hydrogens is 302 g/mol. The number of esters is 1. The number of carbonyl (C=O) groups excluding carboxylic acids is 2. The maximum absolute atomic E-state index is 12.1. The predicted molar refractivity (Wildman–Crippen MR) is 82.2 cm³/mol. The van der Waals surface area contributed by atoms with Gasteiger partial charge in [0.1, 0.15) is 10.9 Å². The molecule has 1 N–H and O–H groups in total. The number of rotatable bonds is 4. The first-order chi connectivity index (χ1) is 10.6. The van der Waals surface area contributed by atoms with E-state index in [4.69, 9.17) is 5.26 Å². The molecule has 118 valence electrons. The fourth-order valence-corrected chi connectivity index (χ4v) is 3.21. The summed E-state index contributed by atoms with van der Waals surface area (Å²) in [5, 5.41) is 11.6. The zero-order valence-corrected chi connectivity index (χ0v) is 13.3. The van der Waals surface area contributed by atoms with Crippen LogP contribution < -0.4 is 5.32 Å². The summed E-state index contributed by atoms with van der Waals surface area (Å²) in [6.07, 6.45) is 2.07. The van der Waals surface area contributed by atoms with Crippen molar-refractivity contribution >= 4 is 23.3 Å². The van der Waals surface area contributed by atoms with Crippen LogP contribution in [0.15, 0.2) is 12.1 Å². The van der Waals surface area contributed by atoms with Crippen molar-refractivity contribution in [3.8, 4) is 6.07 Å². The molecule has 2 amide bonds. The lowest BCUT2D eigenvalue weighted by Gasteiger charge is -2.31. The predicted octanol–water partition coefficient (Wildman–Crippen LogP) is 2.10. The van der Waals surface area contributed by atoms with Gasteiger partial charge < -0.3 is 15.0 Å². The van der Waals surface area contributed by atoms with Gasteiger partial charge in [-0.1, -0.05) is 0 Å². The molecular formula is C15H19N3O3S. The smallest absolute Gasteiger partial charge is 0.317 e. The summed E-state index contributed by atoms with van der Waals surface area (Å²) in [6.45, 7) is 1.75. The van der Waals surface area contributed by atoms with E-state index in [9.17, 15) is 9.59 Å². The average Bonchev–Trinajstić information content (AvgIpc) is 3.01. The number of carbonyl (C=O) groups is 2. The molecule has 0 radical (unpaired) electrons. The van der Waals surface area contributed by atoms with Crippen molar-refractivity contribution < 1.29 is 14.3 Å². The fourth-order valence-electron chi connectivity index (χ4n) is 2.47. The van der Waals surface area contributed by atoms with Crippen molar-refractivity contribution in [3.05, 3.63) is 21.9 Å². The maximum Gasteiger partial charge on any atom is 0.317 e. The molecule has 1 aliphatic rings. The van der Waals surface area contributed by atoms with Gasteiger partial charge in [-0.15, -0.1) is 11.3 Å². The molecule has 0 unspecified atom stereocenters. The lowest BCUT2D eigenvalue weighted by molar-refractivity contribution is -0.142. The number of nitrogens with zero attached hydrogens (tertiary/aromatic N) is 2. The number of nitrogens with one attached hydrogen (secondary N) is 1. The number of hydrogen-bond donors (Lipinski definition) is 1. The minimum atomic E-state index is -0.186. The fraction of sp³-hybridized carbons (Fsp3) is 0.533. The Kier molecular flexibility index (Phi) is 5.78. The topological polar surface area (TPSA) is 82.4 Å². The van der Waals surface area contributed by atoms with Crippen LogP contribution in [-0.2, 0) is 16.1 Å². The van der Waals surface area contributed by atoms with Gasteiger partial charge in [-0.05, 0) is 30.9 Å². The molecule has 2 heterocycles. The van der Waals surface area contributed by atoms with Crippen LogP contribution in [0.1, 0.15) is 29.0 Å². The summed E-state index contributed by atoms with van der Waals surface area (Å²) in [4.78, 5) is 26.7. The van der Waals surface area contributed by atoms with E-state index in [-0.39, 0.29) is 12.0 Å². The molecule has 1 aliphatic heterocycles. The first-order valence-electron chi connectivity index (χ1n) is 7.20. The Morgan fingerprint density at radius 3 is 2.77 bits per heavy atom. The molecule has 22 heavy (non-hydrogen) atoms. The van der Waals surface area contributed by atoms with Crippen molar-refractivity contribution in [3.63, 3.8) is 0 Å². The van der Waals surface area contributed by atoms with E-state index in [0.29, 0.717) is 36.9 Å². The lowest BCUT2D eigenvalue weighted by Crippen LogP contribution is -2.44. The Balaban J connectivity index is 1.73. The molecule has 2 rings (SSSR count). The second-order valence-corrected chi connectivity index (χ2v) is 6.42. The summed E-state index contributed by atoms with van der Waals surface area (Å²) in [7, 11) is 1.40. The van der Waals surface area contributed by atoms with Crippen molar-refractivity contribution in [1.29, 1.82) is 5.26 Å². The Morgan fingerprint density at radius 1 is 1.45 bits per heavy atom. The molecule has 0 spiro atoms. The summed E-state index contributed by atoms with van der Waals surface area (Å²) >= 11 is 1.39. The molecule has 1 fully saturated rings. The molecule has 0 aromatic carbocycles. The largest absolute Gasteiger partial charge is 0.469 e. The lowest BCUT2D eigenvalue weighted by atomic mass is 9.94. The Hall–Kier alpha value is -2.07. The average molecular weight is 321 g/mol. The van der Waals surface area contributed by atoms with Crippen LogP contribution in [0.5, 0.6) is 0 Å². The van der Waals surface area contributed by atoms with Gasteiger partial charge in [0.2, 0.25) is 0 Å². The number of thiophene rings is 1. The van der Waals surface area contributed by atoms with Gasteiger partial charge in [0, 0.05) is 24.4 Å². The van der Waals surface area contributed by atoms with Gasteiger partial charge in [0.05, 0.1) is 13.7 Å². The second-order valence-electron chi connectivity index (χ2n) is 5.25. The van der Waals surface area contributed by atoms with E-state index < -0.39 is 0 Å². The molecule has 0 saturated carbocycles. The number of likely N-dealkylation sites (tertiary alicyclic amines) is 1. The third kappa shape index (κ3) is 4.46. The van der Waals surface area contributed by atoms with E-state index >= 15 is 0 Å². The van der Waals surface area contributed by atoms with Gasteiger partial charge in [0.15, 0.2) is 0 Å². The summed E-state index contributed by atoms with van der Waals surface area (Å²) in [5.74, 6) is 0.112. The zero-order valence-electron chi connectivity index (χ0n) is 12.5. The highest BCUT2D eigenvalue weighted by molar-refractivity contribution is 7.12. The van der Waals surface area contributed by atoms with E-state index in [0.717, 1.165) is 17.7 Å². The first kappa shape index (κ1) is 16.3. The first-order valence-corrected chi connectivity index (χ1v) is 8.02. The van der Waals surface area contributed by atoms with Crippen LogP contribution in [-0.4, -0.2) is 37.1 Å². The van der Waals surface area contributed by atoms with Crippen LogP contribution in [0.25, 0.3) is 0 Å². The molecule has 0 aliphatic carbocycles. The summed E-state index contributed by atoms with van der Waals surface area (Å²) in [5.41, 5.74) is 0. The molecule has 6 nitrogen and oxygen atoms in total. The van der Waals surface area contributed by atoms with Gasteiger partial charge in [-0.25, -0.2) is 4.79 Å². The standard InChI is InChI=1S/C15H19N3O3S/c1-21-14(19)8-11-4-6-18(7-5-11)15(20)17-10-13-3-2-12(9-16)22-13/h2-3,11H,4-8,10H2,1H3,(H,17,20). The van der Waals surface area contributed by atoms with E-state index in [1.165, 1.54) is 18.4 Å². The van der Waals surface area contributed by atoms with Crippen molar-refractivity contribution in [2.24, 2.45) is 5.92 Å². The van der Waals surface area contributed by atoms with E-state index in [2.05, 4.69) is 16.1 Å². The number of methoxy groups -OCH3 is 1. The zero-order chi connectivity index (χ0) is 15.9. The minimum Gasteiger partial charge on any atom is -0.469 e. The SMILES string of the molecule is COC(=O)CC1CCN(C(=O)NCc2ccc(C#N)s2)CC1. The molecule has 0 atom stereocenters. The van der Waals surface area contributed by atoms with E-state index in [1.807, 2.05) is 6.07 Å². The number of urea groups is 1. The maximum atomic E-state index is 12.1. The quantitative estimate of drug-likeness (QED) is 0.861. The van der Waals surface area contributed by atoms with E-state index in [1.54, 1.807) is 11.0 Å². The van der Waals surface area contributed by atoms with Crippen LogP contribution in [0.3, 0.4) is 0 Å². The van der Waals surface area contributed by atoms with Crippen molar-refractivity contribution in [2.75, 3.05) is 20.2 Å². The molecule has 1 aromatic heterocycles. The minimum absolute atomic E-state index is 0.0941. The number of nitriles is 1. The highest BCUT2D eigenvalue weighted by Crippen LogP contribution is 2.21. The van der Waals surface area contributed by atoms with Crippen LogP contribution in [0.2, 0.25) is 0 Å². The highest BCUT2D eigenvalue weighted by atomic mass is 32.1. The number of ether oxygens (including phenoxy) is 1. The van der Waals surface area contributed by atoms with Gasteiger partial charge >= 0.3 is 12.0 Å². The summed E-state index contributed by atoms with van der Waals surface area (Å²) in [6, 6.07) is 5.59. The number of hydrogen-bond acceptors (Lipinski definition) is 5. The molecule has 1 aromatic rings. The molecule has 0 bridgehead atoms. The number of amides is 2. The van der Waals surface area contributed by atoms with Crippen LogP contribution >= 0.6 is 11.3 Å². The highest BCUT2D eigenvalue weighted by Gasteiger charge is 2.24. The van der Waals surface area contributed by atoms with Crippen molar-refractivity contribution in [2.45, 2.75) is 25.8 Å². The van der Waals surface area contributed by atoms with Gasteiger partial charge in [-0.2, -0.15) is 5.26 Å². The monoisotopic (exact) mass is 321 g/mol. The molecule has 7 heteroatoms. The van der Waals surface area contributed by atoms with Crippen LogP contribution in [0.4, 0.5) is 4.79 Å². The van der Waals surface area contributed by atoms with Crippen molar-refractivity contribution in [1.82, 2.24) is 10.2 Å². The summed E-state index contributed by atoms with van der Waals surface area (Å²) < 4.78 is 4.67. The number of piperidine rings is 1. The normalized spacial score (nSPS) is 15.2. The third-order valence-electron chi connectivity index (χ3n) is 3.77. The molecule has 1 saturated heterocycles. The van der Waals surface area contributed by atoms with Gasteiger partial charge in [-0.3, -0.25) is 4.79 Å². The van der Waals surface area contributed by atoms with Gasteiger partial charge in [0.25, 0.3) is 0 Å². The Labute approximate surface area is 133 Å². The Bertz CT molecular complexity index is 571. The van der Waals surface area contributed by atoms with Crippen LogP contribution in [0, 0.1) is 17.2 Å². The Morgan fingerprint density at radius 2 is 2.18 bits per heavy atom. The third-order valence-corrected chi connectivity index (χ3v) is 4.76.